The van der Waals surface area contributed by atoms with Crippen LogP contribution < -0.4 is 16.0 Å². The Balaban J connectivity index is 1.47. The fourth-order valence-corrected chi connectivity index (χ4v) is 3.44. The number of thiocarbonyl (C=S) groups is 1. The second-order valence-corrected chi connectivity index (χ2v) is 7.43. The van der Waals surface area contributed by atoms with Crippen molar-refractivity contribution in [1.29, 1.82) is 0 Å². The van der Waals surface area contributed by atoms with E-state index in [1.807, 2.05) is 49.4 Å². The first-order valence-corrected chi connectivity index (χ1v) is 10.3. The molecule has 1 atom stereocenters. The van der Waals surface area contributed by atoms with Crippen molar-refractivity contribution in [3.63, 3.8) is 0 Å². The van der Waals surface area contributed by atoms with Crippen LogP contribution in [0.1, 0.15) is 28.9 Å². The van der Waals surface area contributed by atoms with Gasteiger partial charge in [0.1, 0.15) is 0 Å². The van der Waals surface area contributed by atoms with Gasteiger partial charge in [-0.1, -0.05) is 30.3 Å². The molecule has 1 aliphatic rings. The van der Waals surface area contributed by atoms with Crippen LogP contribution in [0.4, 0.5) is 5.69 Å². The Morgan fingerprint density at radius 2 is 1.90 bits per heavy atom. The maximum Gasteiger partial charge on any atom is 0.255 e. The Hall–Kier alpha value is -2.48. The molecule has 0 saturated carbocycles. The SMILES string of the molecule is CC(NC(=S)NCCN1CCOCC1)c1cccc(NC(=O)c2ccccc2)c1. The van der Waals surface area contributed by atoms with E-state index in [2.05, 4.69) is 20.9 Å². The van der Waals surface area contributed by atoms with Gasteiger partial charge < -0.3 is 20.7 Å². The highest BCUT2D eigenvalue weighted by Gasteiger charge is 2.12. The van der Waals surface area contributed by atoms with Gasteiger partial charge in [0.15, 0.2) is 5.11 Å². The first kappa shape index (κ1) is 21.2. The molecule has 0 aromatic heterocycles. The molecule has 6 nitrogen and oxygen atoms in total. The van der Waals surface area contributed by atoms with Gasteiger partial charge in [0.05, 0.1) is 19.3 Å². The van der Waals surface area contributed by atoms with Crippen molar-refractivity contribution in [3.05, 3.63) is 65.7 Å². The third kappa shape index (κ3) is 6.81. The van der Waals surface area contributed by atoms with E-state index in [1.54, 1.807) is 12.1 Å². The molecule has 1 aliphatic heterocycles. The van der Waals surface area contributed by atoms with Gasteiger partial charge in [-0.15, -0.1) is 0 Å². The average molecular weight is 413 g/mol. The summed E-state index contributed by atoms with van der Waals surface area (Å²) in [5, 5.41) is 10.2. The summed E-state index contributed by atoms with van der Waals surface area (Å²) in [7, 11) is 0. The summed E-state index contributed by atoms with van der Waals surface area (Å²) in [6.07, 6.45) is 0. The molecule has 0 spiro atoms. The van der Waals surface area contributed by atoms with Gasteiger partial charge in [-0.2, -0.15) is 0 Å². The maximum absolute atomic E-state index is 12.4. The van der Waals surface area contributed by atoms with Crippen LogP contribution in [0.2, 0.25) is 0 Å². The molecule has 7 heteroatoms. The summed E-state index contributed by atoms with van der Waals surface area (Å²) in [6, 6.07) is 17.0. The normalized spacial score (nSPS) is 15.3. The standard InChI is InChI=1S/C22H28N4O2S/c1-17(24-22(29)23-10-11-26-12-14-28-15-13-26)19-8-5-9-20(16-19)25-21(27)18-6-3-2-4-7-18/h2-9,16-17H,10-15H2,1H3,(H,25,27)(H2,23,24,29). The van der Waals surface area contributed by atoms with E-state index in [0.717, 1.165) is 50.6 Å². The van der Waals surface area contributed by atoms with E-state index in [0.29, 0.717) is 10.7 Å². The number of carbonyl (C=O) groups excluding carboxylic acids is 1. The predicted molar refractivity (Wildman–Crippen MR) is 120 cm³/mol. The Labute approximate surface area is 177 Å². The number of hydrogen-bond acceptors (Lipinski definition) is 4. The minimum atomic E-state index is -0.122. The lowest BCUT2D eigenvalue weighted by atomic mass is 10.1. The second kappa shape index (κ2) is 10.9. The lowest BCUT2D eigenvalue weighted by Gasteiger charge is -2.27. The minimum Gasteiger partial charge on any atom is -0.379 e. The number of hydrogen-bond donors (Lipinski definition) is 3. The molecule has 1 amide bonds. The molecule has 1 heterocycles. The molecule has 0 radical (unpaired) electrons. The van der Waals surface area contributed by atoms with Crippen LogP contribution >= 0.6 is 12.2 Å². The van der Waals surface area contributed by atoms with Crippen molar-refractivity contribution in [3.8, 4) is 0 Å². The van der Waals surface area contributed by atoms with Gasteiger partial charge in [-0.25, -0.2) is 0 Å². The van der Waals surface area contributed by atoms with Crippen LogP contribution in [0, 0.1) is 0 Å². The molecular formula is C22H28N4O2S. The molecule has 154 valence electrons. The zero-order valence-corrected chi connectivity index (χ0v) is 17.5. The topological polar surface area (TPSA) is 65.6 Å². The summed E-state index contributed by atoms with van der Waals surface area (Å²) < 4.78 is 5.36. The Morgan fingerprint density at radius 1 is 1.14 bits per heavy atom. The van der Waals surface area contributed by atoms with Crippen LogP contribution in [0.15, 0.2) is 54.6 Å². The highest BCUT2D eigenvalue weighted by atomic mass is 32.1. The van der Waals surface area contributed by atoms with E-state index in [-0.39, 0.29) is 11.9 Å². The molecular weight excluding hydrogens is 384 g/mol. The number of nitrogens with one attached hydrogen (secondary N) is 3. The summed E-state index contributed by atoms with van der Waals surface area (Å²) in [4.78, 5) is 14.7. The van der Waals surface area contributed by atoms with Gasteiger partial charge in [-0.05, 0) is 49.0 Å². The number of ether oxygens (including phenoxy) is 1. The fraction of sp³-hybridized carbons (Fsp3) is 0.364. The predicted octanol–water partition coefficient (Wildman–Crippen LogP) is 2.80. The summed E-state index contributed by atoms with van der Waals surface area (Å²) in [5.74, 6) is -0.122. The first-order valence-electron chi connectivity index (χ1n) is 9.92. The number of benzene rings is 2. The third-order valence-electron chi connectivity index (χ3n) is 4.85. The fourth-order valence-electron chi connectivity index (χ4n) is 3.16. The van der Waals surface area contributed by atoms with Gasteiger partial charge in [0.25, 0.3) is 5.91 Å². The summed E-state index contributed by atoms with van der Waals surface area (Å²) in [5.41, 5.74) is 2.44. The Morgan fingerprint density at radius 3 is 2.66 bits per heavy atom. The highest BCUT2D eigenvalue weighted by molar-refractivity contribution is 7.80. The molecule has 3 rings (SSSR count). The van der Waals surface area contributed by atoms with Crippen molar-refractivity contribution < 1.29 is 9.53 Å². The van der Waals surface area contributed by atoms with Crippen molar-refractivity contribution in [2.75, 3.05) is 44.7 Å². The van der Waals surface area contributed by atoms with Gasteiger partial charge in [0.2, 0.25) is 0 Å². The van der Waals surface area contributed by atoms with E-state index >= 15 is 0 Å². The molecule has 29 heavy (non-hydrogen) atoms. The zero-order valence-electron chi connectivity index (χ0n) is 16.7. The van der Waals surface area contributed by atoms with Crippen molar-refractivity contribution in [1.82, 2.24) is 15.5 Å². The van der Waals surface area contributed by atoms with E-state index in [1.165, 1.54) is 0 Å². The average Bonchev–Trinajstić information content (AvgIpc) is 2.75. The van der Waals surface area contributed by atoms with Crippen LogP contribution in [0.3, 0.4) is 0 Å². The van der Waals surface area contributed by atoms with Crippen molar-refractivity contribution in [2.45, 2.75) is 13.0 Å². The second-order valence-electron chi connectivity index (χ2n) is 7.02. The van der Waals surface area contributed by atoms with Crippen LogP contribution in [-0.4, -0.2) is 55.3 Å². The minimum absolute atomic E-state index is 0.0203. The highest BCUT2D eigenvalue weighted by Crippen LogP contribution is 2.18. The molecule has 2 aromatic carbocycles. The summed E-state index contributed by atoms with van der Waals surface area (Å²) in [6.45, 7) is 7.34. The van der Waals surface area contributed by atoms with E-state index in [4.69, 9.17) is 17.0 Å². The van der Waals surface area contributed by atoms with Gasteiger partial charge in [-0.3, -0.25) is 9.69 Å². The smallest absolute Gasteiger partial charge is 0.255 e. The number of rotatable bonds is 7. The van der Waals surface area contributed by atoms with Gasteiger partial charge >= 0.3 is 0 Å². The number of nitrogens with zero attached hydrogens (tertiary/aromatic N) is 1. The largest absolute Gasteiger partial charge is 0.379 e. The quantitative estimate of drug-likeness (QED) is 0.608. The number of anilines is 1. The molecule has 1 unspecified atom stereocenters. The lowest BCUT2D eigenvalue weighted by Crippen LogP contribution is -2.44. The number of carbonyl (C=O) groups is 1. The monoisotopic (exact) mass is 412 g/mol. The van der Waals surface area contributed by atoms with E-state index < -0.39 is 0 Å². The Bertz CT molecular complexity index is 809. The van der Waals surface area contributed by atoms with Crippen LogP contribution in [0.5, 0.6) is 0 Å². The molecule has 0 bridgehead atoms. The molecule has 0 aliphatic carbocycles. The van der Waals surface area contributed by atoms with Crippen LogP contribution in [0.25, 0.3) is 0 Å². The number of amides is 1. The number of morpholine rings is 1. The van der Waals surface area contributed by atoms with E-state index in [9.17, 15) is 4.79 Å². The molecule has 3 N–H and O–H groups in total. The molecule has 2 aromatic rings. The maximum atomic E-state index is 12.4. The van der Waals surface area contributed by atoms with Crippen molar-refractivity contribution >= 4 is 28.9 Å². The third-order valence-corrected chi connectivity index (χ3v) is 5.11. The first-order chi connectivity index (χ1) is 14.1. The Kier molecular flexibility index (Phi) is 7.98. The van der Waals surface area contributed by atoms with Crippen LogP contribution in [-0.2, 0) is 4.74 Å². The van der Waals surface area contributed by atoms with Gasteiger partial charge in [0, 0.05) is 37.4 Å². The molecule has 1 saturated heterocycles. The lowest BCUT2D eigenvalue weighted by molar-refractivity contribution is 0.0389. The molecule has 1 fully saturated rings. The van der Waals surface area contributed by atoms with Crippen molar-refractivity contribution in [2.24, 2.45) is 0 Å². The zero-order chi connectivity index (χ0) is 20.5. The summed E-state index contributed by atoms with van der Waals surface area (Å²) >= 11 is 5.43.